The summed E-state index contributed by atoms with van der Waals surface area (Å²) < 4.78 is 5.53. The molecule has 19 heavy (non-hydrogen) atoms. The van der Waals surface area contributed by atoms with Gasteiger partial charge in [0, 0.05) is 42.1 Å². The molecule has 2 rings (SSSR count). The van der Waals surface area contributed by atoms with Crippen molar-refractivity contribution in [1.82, 2.24) is 15.3 Å². The van der Waals surface area contributed by atoms with Gasteiger partial charge in [0.1, 0.15) is 5.82 Å². The zero-order valence-electron chi connectivity index (χ0n) is 12.5. The molecule has 106 valence electrons. The maximum absolute atomic E-state index is 5.53. The van der Waals surface area contributed by atoms with Gasteiger partial charge in [-0.1, -0.05) is 13.8 Å². The fourth-order valence-electron chi connectivity index (χ4n) is 2.45. The second-order valence-corrected chi connectivity index (χ2v) is 5.68. The summed E-state index contributed by atoms with van der Waals surface area (Å²) >= 11 is 0. The molecule has 2 heterocycles. The Labute approximate surface area is 116 Å². The Morgan fingerprint density at radius 2 is 1.95 bits per heavy atom. The van der Waals surface area contributed by atoms with Crippen LogP contribution in [0.2, 0.25) is 0 Å². The molecule has 1 aliphatic rings. The van der Waals surface area contributed by atoms with Crippen LogP contribution in [0, 0.1) is 13.8 Å². The molecule has 0 aliphatic carbocycles. The summed E-state index contributed by atoms with van der Waals surface area (Å²) in [6.07, 6.45) is 2.26. The fourth-order valence-corrected chi connectivity index (χ4v) is 2.45. The molecule has 0 spiro atoms. The Hall–Kier alpha value is -1.00. The Bertz CT molecular complexity index is 402. The number of hydrogen-bond donors (Lipinski definition) is 1. The monoisotopic (exact) mass is 263 g/mol. The Morgan fingerprint density at radius 1 is 1.26 bits per heavy atom. The molecule has 4 heteroatoms. The lowest BCUT2D eigenvalue weighted by atomic mass is 10.0. The molecule has 1 N–H and O–H groups in total. The number of aryl methyl sites for hydroxylation is 2. The lowest BCUT2D eigenvalue weighted by Gasteiger charge is -2.22. The third-order valence-corrected chi connectivity index (χ3v) is 3.65. The van der Waals surface area contributed by atoms with E-state index in [1.54, 1.807) is 0 Å². The molecule has 4 nitrogen and oxygen atoms in total. The van der Waals surface area contributed by atoms with E-state index in [2.05, 4.69) is 33.0 Å². The van der Waals surface area contributed by atoms with Crippen molar-refractivity contribution >= 4 is 0 Å². The maximum atomic E-state index is 5.53. The zero-order chi connectivity index (χ0) is 13.8. The summed E-state index contributed by atoms with van der Waals surface area (Å²) in [5.41, 5.74) is 3.43. The van der Waals surface area contributed by atoms with E-state index in [1.165, 1.54) is 5.56 Å². The zero-order valence-corrected chi connectivity index (χ0v) is 12.5. The maximum Gasteiger partial charge on any atom is 0.134 e. The van der Waals surface area contributed by atoms with Gasteiger partial charge in [0.15, 0.2) is 0 Å². The van der Waals surface area contributed by atoms with Gasteiger partial charge in [-0.05, 0) is 26.7 Å². The van der Waals surface area contributed by atoms with E-state index in [9.17, 15) is 0 Å². The van der Waals surface area contributed by atoms with Crippen molar-refractivity contribution in [2.45, 2.75) is 59.0 Å². The van der Waals surface area contributed by atoms with E-state index < -0.39 is 0 Å². The van der Waals surface area contributed by atoms with E-state index in [0.29, 0.717) is 12.0 Å². The van der Waals surface area contributed by atoms with Crippen LogP contribution >= 0.6 is 0 Å². The number of ether oxygens (including phenoxy) is 1. The lowest BCUT2D eigenvalue weighted by molar-refractivity contribution is 0.0779. The van der Waals surface area contributed by atoms with Gasteiger partial charge >= 0.3 is 0 Å². The van der Waals surface area contributed by atoms with Gasteiger partial charge in [0.2, 0.25) is 0 Å². The largest absolute Gasteiger partial charge is 0.381 e. The number of nitrogens with zero attached hydrogens (tertiary/aromatic N) is 2. The SMILES string of the molecule is Cc1nc(C2CCCOC2)nc(C)c1CNC(C)C. The molecule has 1 aliphatic heterocycles. The molecule has 0 bridgehead atoms. The highest BCUT2D eigenvalue weighted by molar-refractivity contribution is 5.25. The summed E-state index contributed by atoms with van der Waals surface area (Å²) in [6, 6.07) is 0.477. The van der Waals surface area contributed by atoms with E-state index in [4.69, 9.17) is 14.7 Å². The quantitative estimate of drug-likeness (QED) is 0.906. The van der Waals surface area contributed by atoms with Gasteiger partial charge in [-0.2, -0.15) is 0 Å². The molecular weight excluding hydrogens is 238 g/mol. The first-order valence-corrected chi connectivity index (χ1v) is 7.23. The second kappa shape index (κ2) is 6.44. The van der Waals surface area contributed by atoms with Gasteiger partial charge in [-0.15, -0.1) is 0 Å². The van der Waals surface area contributed by atoms with Gasteiger partial charge < -0.3 is 10.1 Å². The van der Waals surface area contributed by atoms with E-state index in [1.807, 2.05) is 0 Å². The minimum atomic E-state index is 0.373. The first-order chi connectivity index (χ1) is 9.08. The third kappa shape index (κ3) is 3.74. The molecule has 1 fully saturated rings. The lowest BCUT2D eigenvalue weighted by Crippen LogP contribution is -2.24. The summed E-state index contributed by atoms with van der Waals surface area (Å²) in [4.78, 5) is 9.41. The Morgan fingerprint density at radius 3 is 2.47 bits per heavy atom. The van der Waals surface area contributed by atoms with Crippen molar-refractivity contribution in [3.8, 4) is 0 Å². The topological polar surface area (TPSA) is 47.0 Å². The van der Waals surface area contributed by atoms with Crippen LogP contribution in [0.1, 0.15) is 55.4 Å². The molecule has 1 unspecified atom stereocenters. The summed E-state index contributed by atoms with van der Waals surface area (Å²) in [7, 11) is 0. The molecule has 0 saturated carbocycles. The number of rotatable bonds is 4. The van der Waals surface area contributed by atoms with Gasteiger partial charge in [-0.3, -0.25) is 0 Å². The standard InChI is InChI=1S/C15H25N3O/c1-10(2)16-8-14-11(3)17-15(18-12(14)4)13-6-5-7-19-9-13/h10,13,16H,5-9H2,1-4H3. The van der Waals surface area contributed by atoms with Gasteiger partial charge in [0.25, 0.3) is 0 Å². The van der Waals surface area contributed by atoms with Crippen LogP contribution in [-0.4, -0.2) is 29.2 Å². The van der Waals surface area contributed by atoms with Crippen LogP contribution in [0.25, 0.3) is 0 Å². The van der Waals surface area contributed by atoms with Gasteiger partial charge in [0.05, 0.1) is 6.61 Å². The van der Waals surface area contributed by atoms with Crippen LogP contribution in [-0.2, 0) is 11.3 Å². The van der Waals surface area contributed by atoms with Crippen molar-refractivity contribution in [3.63, 3.8) is 0 Å². The highest BCUT2D eigenvalue weighted by Gasteiger charge is 2.20. The summed E-state index contributed by atoms with van der Waals surface area (Å²) in [5, 5.41) is 3.44. The van der Waals surface area contributed by atoms with Crippen LogP contribution in [0.4, 0.5) is 0 Å². The van der Waals surface area contributed by atoms with Crippen molar-refractivity contribution in [3.05, 3.63) is 22.8 Å². The average Bonchev–Trinajstić information content (AvgIpc) is 2.38. The molecule has 1 aromatic rings. The van der Waals surface area contributed by atoms with Gasteiger partial charge in [-0.25, -0.2) is 9.97 Å². The summed E-state index contributed by atoms with van der Waals surface area (Å²) in [6.45, 7) is 11.0. The first kappa shape index (κ1) is 14.4. The second-order valence-electron chi connectivity index (χ2n) is 5.68. The smallest absolute Gasteiger partial charge is 0.134 e. The highest BCUT2D eigenvalue weighted by atomic mass is 16.5. The molecule has 1 saturated heterocycles. The first-order valence-electron chi connectivity index (χ1n) is 7.23. The number of nitrogens with one attached hydrogen (secondary N) is 1. The predicted molar refractivity (Wildman–Crippen MR) is 76.3 cm³/mol. The number of aromatic nitrogens is 2. The van der Waals surface area contributed by atoms with Crippen molar-refractivity contribution in [1.29, 1.82) is 0 Å². The average molecular weight is 263 g/mol. The van der Waals surface area contributed by atoms with E-state index in [0.717, 1.165) is 49.8 Å². The predicted octanol–water partition coefficient (Wildman–Crippen LogP) is 2.49. The fraction of sp³-hybridized carbons (Fsp3) is 0.733. The number of hydrogen-bond acceptors (Lipinski definition) is 4. The Balaban J connectivity index is 2.15. The summed E-state index contributed by atoms with van der Waals surface area (Å²) in [5.74, 6) is 1.33. The molecule has 0 aromatic carbocycles. The van der Waals surface area contributed by atoms with Crippen LogP contribution in [0.5, 0.6) is 0 Å². The van der Waals surface area contributed by atoms with E-state index in [-0.39, 0.29) is 0 Å². The molecule has 1 aromatic heterocycles. The van der Waals surface area contributed by atoms with Crippen molar-refractivity contribution < 1.29 is 4.74 Å². The minimum Gasteiger partial charge on any atom is -0.381 e. The Kier molecular flexibility index (Phi) is 4.88. The van der Waals surface area contributed by atoms with Crippen LogP contribution < -0.4 is 5.32 Å². The van der Waals surface area contributed by atoms with Crippen LogP contribution in [0.3, 0.4) is 0 Å². The third-order valence-electron chi connectivity index (χ3n) is 3.65. The normalized spacial score (nSPS) is 19.9. The van der Waals surface area contributed by atoms with Crippen molar-refractivity contribution in [2.24, 2.45) is 0 Å². The molecule has 0 amide bonds. The highest BCUT2D eigenvalue weighted by Crippen LogP contribution is 2.24. The van der Waals surface area contributed by atoms with Crippen molar-refractivity contribution in [2.75, 3.05) is 13.2 Å². The minimum absolute atomic E-state index is 0.373. The molecule has 1 atom stereocenters. The molecular formula is C15H25N3O. The van der Waals surface area contributed by atoms with Crippen LogP contribution in [0.15, 0.2) is 0 Å². The van der Waals surface area contributed by atoms with E-state index >= 15 is 0 Å². The molecule has 0 radical (unpaired) electrons.